The number of unbranched alkanes of at least 4 members (excludes halogenated alkanes) is 1. The largest absolute Gasteiger partial charge is 0.276 e. The smallest absolute Gasteiger partial charge is 0.233 e. The highest BCUT2D eigenvalue weighted by Gasteiger charge is 1.97. The second-order valence-corrected chi connectivity index (χ2v) is 2.43. The van der Waals surface area contributed by atoms with E-state index in [-0.39, 0.29) is 0 Å². The monoisotopic (exact) mass is 159 g/mol. The first kappa shape index (κ1) is 10.4. The van der Waals surface area contributed by atoms with E-state index in [9.17, 15) is 4.79 Å². The van der Waals surface area contributed by atoms with Crippen LogP contribution in [0.2, 0.25) is 0 Å². The molecule has 0 fully saturated rings. The van der Waals surface area contributed by atoms with Crippen molar-refractivity contribution in [2.45, 2.75) is 33.1 Å². The number of hydroxylamine groups is 2. The Kier molecular flexibility index (Phi) is 7.15. The third-order valence-electron chi connectivity index (χ3n) is 1.32. The summed E-state index contributed by atoms with van der Waals surface area (Å²) < 4.78 is 0. The van der Waals surface area contributed by atoms with E-state index in [0.717, 1.165) is 25.7 Å². The number of rotatable bonds is 7. The minimum atomic E-state index is 0.648. The van der Waals surface area contributed by atoms with Crippen molar-refractivity contribution in [1.82, 2.24) is 5.06 Å². The molecule has 0 aliphatic carbocycles. The summed E-state index contributed by atoms with van der Waals surface area (Å²) in [6.07, 6.45) is 3.77. The maximum Gasteiger partial charge on any atom is 0.233 e. The van der Waals surface area contributed by atoms with Crippen molar-refractivity contribution >= 4 is 6.41 Å². The molecule has 0 atom stereocenters. The second kappa shape index (κ2) is 7.54. The molecule has 1 amide bonds. The van der Waals surface area contributed by atoms with Gasteiger partial charge in [-0.25, -0.2) is 5.06 Å². The molecular weight excluding hydrogens is 142 g/mol. The molecule has 0 aromatic rings. The predicted octanol–water partition coefficient (Wildman–Crippen LogP) is 1.59. The third kappa shape index (κ3) is 5.85. The van der Waals surface area contributed by atoms with Crippen LogP contribution < -0.4 is 0 Å². The summed E-state index contributed by atoms with van der Waals surface area (Å²) in [5, 5.41) is 1.36. The fourth-order valence-corrected chi connectivity index (χ4v) is 0.694. The van der Waals surface area contributed by atoms with Gasteiger partial charge in [-0.15, -0.1) is 0 Å². The molecule has 0 aliphatic heterocycles. The summed E-state index contributed by atoms with van der Waals surface area (Å²) in [5.74, 6) is 0. The Balaban J connectivity index is 3.28. The lowest BCUT2D eigenvalue weighted by Gasteiger charge is -2.14. The molecule has 0 saturated heterocycles. The van der Waals surface area contributed by atoms with Gasteiger partial charge < -0.3 is 0 Å². The Bertz CT molecular complexity index is 96.1. The topological polar surface area (TPSA) is 29.5 Å². The number of hydrogen-bond donors (Lipinski definition) is 0. The molecule has 0 radical (unpaired) electrons. The molecule has 0 N–H and O–H groups in total. The van der Waals surface area contributed by atoms with Crippen molar-refractivity contribution in [3.8, 4) is 0 Å². The first-order valence-corrected chi connectivity index (χ1v) is 4.20. The van der Waals surface area contributed by atoms with Crippen molar-refractivity contribution in [3.63, 3.8) is 0 Å². The van der Waals surface area contributed by atoms with E-state index in [0.29, 0.717) is 13.2 Å². The fourth-order valence-electron chi connectivity index (χ4n) is 0.694. The van der Waals surface area contributed by atoms with E-state index in [2.05, 4.69) is 6.92 Å². The number of carbonyl (C=O) groups excluding carboxylic acids is 1. The highest BCUT2D eigenvalue weighted by molar-refractivity contribution is 5.44. The summed E-state index contributed by atoms with van der Waals surface area (Å²) in [4.78, 5) is 15.4. The molecule has 0 unspecified atom stereocenters. The van der Waals surface area contributed by atoms with E-state index in [1.807, 2.05) is 6.92 Å². The van der Waals surface area contributed by atoms with E-state index >= 15 is 0 Å². The lowest BCUT2D eigenvalue weighted by atomic mass is 10.4. The van der Waals surface area contributed by atoms with Gasteiger partial charge in [-0.2, -0.15) is 0 Å². The van der Waals surface area contributed by atoms with Gasteiger partial charge in [-0.3, -0.25) is 9.63 Å². The van der Waals surface area contributed by atoms with Crippen molar-refractivity contribution in [3.05, 3.63) is 0 Å². The van der Waals surface area contributed by atoms with Crippen LogP contribution in [-0.4, -0.2) is 24.6 Å². The molecule has 11 heavy (non-hydrogen) atoms. The number of nitrogens with zero attached hydrogens (tertiary/aromatic N) is 1. The number of amides is 1. The first-order chi connectivity index (χ1) is 5.35. The van der Waals surface area contributed by atoms with Gasteiger partial charge in [0, 0.05) is 6.54 Å². The molecule has 3 heteroatoms. The Morgan fingerprint density at radius 2 is 2.09 bits per heavy atom. The quantitative estimate of drug-likeness (QED) is 0.321. The van der Waals surface area contributed by atoms with Crippen LogP contribution in [0.15, 0.2) is 0 Å². The highest BCUT2D eigenvalue weighted by Crippen LogP contribution is 1.92. The highest BCUT2D eigenvalue weighted by atomic mass is 16.7. The Labute approximate surface area is 68.3 Å². The van der Waals surface area contributed by atoms with Crippen molar-refractivity contribution < 1.29 is 9.63 Å². The number of carbonyl (C=O) groups is 1. The Morgan fingerprint density at radius 1 is 1.36 bits per heavy atom. The average molecular weight is 159 g/mol. The van der Waals surface area contributed by atoms with Crippen molar-refractivity contribution in [2.24, 2.45) is 0 Å². The molecule has 0 aliphatic rings. The van der Waals surface area contributed by atoms with Crippen LogP contribution in [0.25, 0.3) is 0 Å². The zero-order valence-corrected chi connectivity index (χ0v) is 7.38. The van der Waals surface area contributed by atoms with Gasteiger partial charge in [0.2, 0.25) is 6.41 Å². The molecule has 0 aromatic heterocycles. The van der Waals surface area contributed by atoms with Gasteiger partial charge in [0.25, 0.3) is 0 Å². The molecule has 0 bridgehead atoms. The molecule has 0 aromatic carbocycles. The van der Waals surface area contributed by atoms with Crippen molar-refractivity contribution in [2.75, 3.05) is 13.2 Å². The van der Waals surface area contributed by atoms with Gasteiger partial charge in [0.15, 0.2) is 0 Å². The maximum absolute atomic E-state index is 10.3. The summed E-state index contributed by atoms with van der Waals surface area (Å²) in [5.41, 5.74) is 0. The lowest BCUT2D eigenvalue weighted by Crippen LogP contribution is -2.23. The van der Waals surface area contributed by atoms with E-state index in [1.54, 1.807) is 0 Å². The maximum atomic E-state index is 10.3. The summed E-state index contributed by atoms with van der Waals surface area (Å²) in [6.45, 7) is 5.44. The van der Waals surface area contributed by atoms with Crippen LogP contribution in [0, 0.1) is 0 Å². The van der Waals surface area contributed by atoms with Gasteiger partial charge >= 0.3 is 0 Å². The van der Waals surface area contributed by atoms with Crippen LogP contribution in [-0.2, 0) is 9.63 Å². The van der Waals surface area contributed by atoms with Crippen LogP contribution in [0.1, 0.15) is 33.1 Å². The SMILES string of the molecule is CCCCON(C=O)CCC. The molecule has 3 nitrogen and oxygen atoms in total. The molecule has 0 heterocycles. The lowest BCUT2D eigenvalue weighted by molar-refractivity contribution is -0.172. The summed E-state index contributed by atoms with van der Waals surface area (Å²) in [6, 6.07) is 0. The molecule has 0 saturated carbocycles. The van der Waals surface area contributed by atoms with Crippen LogP contribution in [0.3, 0.4) is 0 Å². The summed E-state index contributed by atoms with van der Waals surface area (Å²) in [7, 11) is 0. The minimum Gasteiger partial charge on any atom is -0.276 e. The van der Waals surface area contributed by atoms with Gasteiger partial charge in [-0.05, 0) is 12.8 Å². The molecule has 0 spiro atoms. The van der Waals surface area contributed by atoms with Crippen LogP contribution in [0.5, 0.6) is 0 Å². The van der Waals surface area contributed by atoms with E-state index in [1.165, 1.54) is 5.06 Å². The molecule has 66 valence electrons. The van der Waals surface area contributed by atoms with Gasteiger partial charge in [0.05, 0.1) is 6.61 Å². The normalized spacial score (nSPS) is 9.64. The zero-order valence-electron chi connectivity index (χ0n) is 7.38. The standard InChI is InChI=1S/C8H17NO2/c1-3-5-7-11-9(8-10)6-4-2/h8H,3-7H2,1-2H3. The zero-order chi connectivity index (χ0) is 8.53. The predicted molar refractivity (Wildman–Crippen MR) is 43.9 cm³/mol. The number of hydrogen-bond acceptors (Lipinski definition) is 2. The third-order valence-corrected chi connectivity index (χ3v) is 1.32. The van der Waals surface area contributed by atoms with E-state index < -0.39 is 0 Å². The summed E-state index contributed by atoms with van der Waals surface area (Å²) >= 11 is 0. The minimum absolute atomic E-state index is 0.648. The van der Waals surface area contributed by atoms with Gasteiger partial charge in [0.1, 0.15) is 0 Å². The van der Waals surface area contributed by atoms with Crippen LogP contribution >= 0.6 is 0 Å². The Morgan fingerprint density at radius 3 is 2.55 bits per heavy atom. The fraction of sp³-hybridized carbons (Fsp3) is 0.875. The first-order valence-electron chi connectivity index (χ1n) is 4.20. The Hall–Kier alpha value is -0.570. The average Bonchev–Trinajstić information content (AvgIpc) is 2.03. The van der Waals surface area contributed by atoms with Crippen LogP contribution in [0.4, 0.5) is 0 Å². The molecule has 0 rings (SSSR count). The second-order valence-electron chi connectivity index (χ2n) is 2.43. The van der Waals surface area contributed by atoms with Gasteiger partial charge in [-0.1, -0.05) is 20.3 Å². The van der Waals surface area contributed by atoms with E-state index in [4.69, 9.17) is 4.84 Å². The molecular formula is C8H17NO2. The van der Waals surface area contributed by atoms with Crippen molar-refractivity contribution in [1.29, 1.82) is 0 Å².